The molecule has 0 aliphatic carbocycles. The molecule has 1 fully saturated rings. The SMILES string of the molecule is CC1CC(C)CN(CCOc2cccc(-c3c(C(=O)O)c(N)[nH]c(=O)c3C(=O)O)c2)C1. The highest BCUT2D eigenvalue weighted by Gasteiger charge is 2.27. The van der Waals surface area contributed by atoms with Crippen LogP contribution in [0.15, 0.2) is 29.1 Å². The van der Waals surface area contributed by atoms with E-state index < -0.39 is 34.4 Å². The van der Waals surface area contributed by atoms with Crippen molar-refractivity contribution in [1.29, 1.82) is 0 Å². The minimum absolute atomic E-state index is 0.227. The number of H-pyrrole nitrogens is 1. The van der Waals surface area contributed by atoms with Crippen LogP contribution in [0.1, 0.15) is 41.0 Å². The molecular formula is C22H27N3O6. The van der Waals surface area contributed by atoms with Crippen molar-refractivity contribution in [1.82, 2.24) is 9.88 Å². The van der Waals surface area contributed by atoms with Gasteiger partial charge in [0, 0.05) is 25.2 Å². The highest BCUT2D eigenvalue weighted by molar-refractivity contribution is 6.07. The lowest BCUT2D eigenvalue weighted by Gasteiger charge is -2.34. The molecule has 1 aliphatic rings. The number of nitrogens with two attached hydrogens (primary N) is 1. The number of nitrogens with one attached hydrogen (secondary N) is 1. The molecule has 0 spiro atoms. The summed E-state index contributed by atoms with van der Waals surface area (Å²) in [5.74, 6) is -1.67. The summed E-state index contributed by atoms with van der Waals surface area (Å²) in [6.45, 7) is 7.68. The number of ether oxygens (including phenoxy) is 1. The number of carbonyl (C=O) groups is 2. The number of aromatic nitrogens is 1. The van der Waals surface area contributed by atoms with Crippen molar-refractivity contribution in [3.05, 3.63) is 45.7 Å². The molecule has 0 saturated carbocycles. The van der Waals surface area contributed by atoms with Gasteiger partial charge in [0.1, 0.15) is 29.3 Å². The van der Waals surface area contributed by atoms with E-state index in [-0.39, 0.29) is 11.1 Å². The average Bonchev–Trinajstić information content (AvgIpc) is 2.66. The van der Waals surface area contributed by atoms with Crippen molar-refractivity contribution in [3.63, 3.8) is 0 Å². The number of hydrogen-bond donors (Lipinski definition) is 4. The van der Waals surface area contributed by atoms with E-state index in [9.17, 15) is 24.6 Å². The predicted octanol–water partition coefficient (Wildman–Crippen LogP) is 2.38. The zero-order valence-corrected chi connectivity index (χ0v) is 17.6. The number of nitrogen functional groups attached to an aromatic ring is 1. The molecule has 2 aromatic rings. The molecule has 31 heavy (non-hydrogen) atoms. The molecule has 0 amide bonds. The second-order valence-electron chi connectivity index (χ2n) is 8.19. The number of likely N-dealkylation sites (tertiary alicyclic amines) is 1. The monoisotopic (exact) mass is 429 g/mol. The minimum Gasteiger partial charge on any atom is -0.492 e. The van der Waals surface area contributed by atoms with E-state index in [2.05, 4.69) is 23.7 Å². The Balaban J connectivity index is 1.87. The van der Waals surface area contributed by atoms with Crippen molar-refractivity contribution in [2.45, 2.75) is 20.3 Å². The molecule has 2 heterocycles. The Bertz CT molecular complexity index is 1040. The number of carboxylic acids is 2. The number of nitrogens with zero attached hydrogens (tertiary/aromatic N) is 1. The lowest BCUT2D eigenvalue weighted by Crippen LogP contribution is -2.40. The summed E-state index contributed by atoms with van der Waals surface area (Å²) in [6.07, 6.45) is 1.22. The van der Waals surface area contributed by atoms with Gasteiger partial charge in [0.15, 0.2) is 0 Å². The number of aromatic carboxylic acids is 2. The van der Waals surface area contributed by atoms with Crippen molar-refractivity contribution < 1.29 is 24.5 Å². The van der Waals surface area contributed by atoms with Crippen LogP contribution in [0.4, 0.5) is 5.82 Å². The Morgan fingerprint density at radius 3 is 2.42 bits per heavy atom. The summed E-state index contributed by atoms with van der Waals surface area (Å²) in [4.78, 5) is 40.1. The molecule has 9 heteroatoms. The Kier molecular flexibility index (Phi) is 6.65. The molecule has 0 bridgehead atoms. The first kappa shape index (κ1) is 22.4. The van der Waals surface area contributed by atoms with Gasteiger partial charge in [0.05, 0.1) is 0 Å². The molecule has 1 saturated heterocycles. The van der Waals surface area contributed by atoms with E-state index in [1.54, 1.807) is 12.1 Å². The number of carboxylic acid groups (broad SMARTS) is 2. The molecule has 2 atom stereocenters. The zero-order valence-electron chi connectivity index (χ0n) is 17.6. The fourth-order valence-electron chi connectivity index (χ4n) is 4.34. The largest absolute Gasteiger partial charge is 0.492 e. The second kappa shape index (κ2) is 9.22. The van der Waals surface area contributed by atoms with Crippen LogP contribution in [-0.4, -0.2) is 58.3 Å². The molecule has 2 unspecified atom stereocenters. The van der Waals surface area contributed by atoms with Crippen molar-refractivity contribution >= 4 is 17.8 Å². The maximum atomic E-state index is 12.2. The van der Waals surface area contributed by atoms with Gasteiger partial charge in [-0.25, -0.2) is 9.59 Å². The minimum atomic E-state index is -1.54. The number of anilines is 1. The van der Waals surface area contributed by atoms with E-state index in [1.165, 1.54) is 18.6 Å². The standard InChI is InChI=1S/C22H27N3O6/c1-12-8-13(2)11-25(10-12)6-7-31-15-5-3-4-14(9-15)16-17(21(27)28)19(23)24-20(26)18(16)22(29)30/h3-5,9,12-13H,6-8,10-11H2,1-2H3,(H,27,28)(H,29,30)(H3,23,24,26). The fourth-order valence-corrected chi connectivity index (χ4v) is 4.34. The first-order valence-electron chi connectivity index (χ1n) is 10.1. The van der Waals surface area contributed by atoms with Crippen LogP contribution in [0.3, 0.4) is 0 Å². The number of pyridine rings is 1. The van der Waals surface area contributed by atoms with E-state index >= 15 is 0 Å². The zero-order chi connectivity index (χ0) is 22.7. The van der Waals surface area contributed by atoms with Gasteiger partial charge < -0.3 is 25.7 Å². The van der Waals surface area contributed by atoms with Gasteiger partial charge in [-0.05, 0) is 36.0 Å². The van der Waals surface area contributed by atoms with Crippen LogP contribution < -0.4 is 16.0 Å². The van der Waals surface area contributed by atoms with Gasteiger partial charge in [0.2, 0.25) is 0 Å². The van der Waals surface area contributed by atoms with Gasteiger partial charge in [-0.1, -0.05) is 26.0 Å². The molecule has 0 radical (unpaired) electrons. The molecule has 3 rings (SSSR count). The Morgan fingerprint density at radius 2 is 1.81 bits per heavy atom. The maximum absolute atomic E-state index is 12.2. The van der Waals surface area contributed by atoms with Gasteiger partial charge >= 0.3 is 11.9 Å². The van der Waals surface area contributed by atoms with Crippen molar-refractivity contribution in [2.24, 2.45) is 11.8 Å². The summed E-state index contributed by atoms with van der Waals surface area (Å²) < 4.78 is 5.85. The first-order chi connectivity index (χ1) is 14.7. The van der Waals surface area contributed by atoms with Gasteiger partial charge in [0.25, 0.3) is 5.56 Å². The van der Waals surface area contributed by atoms with Crippen LogP contribution in [0.2, 0.25) is 0 Å². The molecule has 1 aliphatic heterocycles. The van der Waals surface area contributed by atoms with Crippen LogP contribution in [0.25, 0.3) is 11.1 Å². The predicted molar refractivity (Wildman–Crippen MR) is 116 cm³/mol. The van der Waals surface area contributed by atoms with E-state index in [4.69, 9.17) is 10.5 Å². The lowest BCUT2D eigenvalue weighted by atomic mass is 9.92. The average molecular weight is 429 g/mol. The topological polar surface area (TPSA) is 146 Å². The van der Waals surface area contributed by atoms with E-state index in [1.807, 2.05) is 0 Å². The third-order valence-electron chi connectivity index (χ3n) is 5.42. The van der Waals surface area contributed by atoms with Gasteiger partial charge in [-0.2, -0.15) is 0 Å². The van der Waals surface area contributed by atoms with Crippen LogP contribution in [0, 0.1) is 11.8 Å². The van der Waals surface area contributed by atoms with E-state index in [0.717, 1.165) is 19.6 Å². The molecule has 5 N–H and O–H groups in total. The van der Waals surface area contributed by atoms with Crippen LogP contribution in [0.5, 0.6) is 5.75 Å². The van der Waals surface area contributed by atoms with Crippen LogP contribution in [-0.2, 0) is 0 Å². The third kappa shape index (κ3) is 5.05. The maximum Gasteiger partial charge on any atom is 0.342 e. The third-order valence-corrected chi connectivity index (χ3v) is 5.42. The molecule has 1 aromatic heterocycles. The normalized spacial score (nSPS) is 19.2. The second-order valence-corrected chi connectivity index (χ2v) is 8.19. The Hall–Kier alpha value is -3.33. The van der Waals surface area contributed by atoms with Gasteiger partial charge in [-0.15, -0.1) is 0 Å². The first-order valence-corrected chi connectivity index (χ1v) is 10.1. The number of aromatic amines is 1. The van der Waals surface area contributed by atoms with Crippen molar-refractivity contribution in [3.8, 4) is 16.9 Å². The molecule has 166 valence electrons. The number of rotatable bonds is 7. The Morgan fingerprint density at radius 1 is 1.16 bits per heavy atom. The number of piperidine rings is 1. The summed E-state index contributed by atoms with van der Waals surface area (Å²) in [6, 6.07) is 6.36. The quantitative estimate of drug-likeness (QED) is 0.525. The summed E-state index contributed by atoms with van der Waals surface area (Å²) >= 11 is 0. The number of hydrogen-bond acceptors (Lipinski definition) is 6. The summed E-state index contributed by atoms with van der Waals surface area (Å²) in [5.41, 5.74) is 3.55. The Labute approximate surface area is 179 Å². The lowest BCUT2D eigenvalue weighted by molar-refractivity contribution is 0.0695. The molecule has 9 nitrogen and oxygen atoms in total. The van der Waals surface area contributed by atoms with Crippen LogP contribution >= 0.6 is 0 Å². The van der Waals surface area contributed by atoms with Gasteiger partial charge in [-0.3, -0.25) is 9.69 Å². The van der Waals surface area contributed by atoms with E-state index in [0.29, 0.717) is 24.2 Å². The smallest absolute Gasteiger partial charge is 0.342 e. The highest BCUT2D eigenvalue weighted by Crippen LogP contribution is 2.31. The highest BCUT2D eigenvalue weighted by atomic mass is 16.5. The summed E-state index contributed by atoms with van der Waals surface area (Å²) in [7, 11) is 0. The molecular weight excluding hydrogens is 402 g/mol. The van der Waals surface area contributed by atoms with Crippen molar-refractivity contribution in [2.75, 3.05) is 32.0 Å². The number of benzene rings is 1. The fraction of sp³-hybridized carbons (Fsp3) is 0.409. The summed E-state index contributed by atoms with van der Waals surface area (Å²) in [5, 5.41) is 19.1. The molecule has 1 aromatic carbocycles.